The van der Waals surface area contributed by atoms with Crippen LogP contribution in [0.5, 0.6) is 0 Å². The Hall–Kier alpha value is -0.570. The average Bonchev–Trinajstić information content (AvgIpc) is 2.62. The number of hydrogen-bond donors (Lipinski definition) is 2. The molecule has 3 heteroatoms. The minimum absolute atomic E-state index is 0.291. The van der Waals surface area contributed by atoms with Crippen molar-refractivity contribution in [1.29, 1.82) is 0 Å². The quantitative estimate of drug-likeness (QED) is 0.554. The van der Waals surface area contributed by atoms with Crippen LogP contribution in [0.25, 0.3) is 0 Å². The zero-order valence-corrected chi connectivity index (χ0v) is 5.97. The highest BCUT2D eigenvalue weighted by atomic mass is 16.4. The fraction of sp³-hybridized carbons (Fsp3) is 0.857. The Kier molecular flexibility index (Phi) is 2.68. The summed E-state index contributed by atoms with van der Waals surface area (Å²) in [5, 5.41) is 11.5. The molecule has 3 nitrogen and oxygen atoms in total. The van der Waals surface area contributed by atoms with Crippen molar-refractivity contribution in [2.24, 2.45) is 0 Å². The first kappa shape index (κ1) is 7.54. The van der Waals surface area contributed by atoms with Crippen molar-refractivity contribution in [3.8, 4) is 0 Å². The van der Waals surface area contributed by atoms with Gasteiger partial charge >= 0.3 is 5.97 Å². The molecule has 0 atom stereocenters. The number of aliphatic carboxylic acids is 1. The lowest BCUT2D eigenvalue weighted by atomic mass is 10.3. The minimum Gasteiger partial charge on any atom is -0.481 e. The summed E-state index contributed by atoms with van der Waals surface area (Å²) < 4.78 is 0. The lowest BCUT2D eigenvalue weighted by Crippen LogP contribution is -2.18. The molecule has 0 radical (unpaired) electrons. The van der Waals surface area contributed by atoms with Crippen molar-refractivity contribution >= 4 is 5.97 Å². The van der Waals surface area contributed by atoms with Crippen molar-refractivity contribution in [2.75, 3.05) is 6.54 Å². The van der Waals surface area contributed by atoms with E-state index in [1.54, 1.807) is 0 Å². The van der Waals surface area contributed by atoms with Gasteiger partial charge in [0.15, 0.2) is 0 Å². The molecule has 0 aliphatic heterocycles. The van der Waals surface area contributed by atoms with Gasteiger partial charge in [0.2, 0.25) is 0 Å². The molecule has 1 aliphatic rings. The van der Waals surface area contributed by atoms with Crippen LogP contribution in [-0.2, 0) is 4.79 Å². The Morgan fingerprint density at radius 3 is 2.80 bits per heavy atom. The van der Waals surface area contributed by atoms with Crippen LogP contribution in [0.15, 0.2) is 0 Å². The SMILES string of the molecule is O=C(O)CCCNC1CC1. The van der Waals surface area contributed by atoms with Gasteiger partial charge in [0.25, 0.3) is 0 Å². The number of carboxylic acids is 1. The summed E-state index contributed by atoms with van der Waals surface area (Å²) in [6.45, 7) is 0.858. The van der Waals surface area contributed by atoms with Crippen LogP contribution in [0.2, 0.25) is 0 Å². The summed E-state index contributed by atoms with van der Waals surface area (Å²) in [6, 6.07) is 0.703. The molecule has 0 bridgehead atoms. The Morgan fingerprint density at radius 1 is 1.60 bits per heavy atom. The normalized spacial score (nSPS) is 17.2. The first-order valence-corrected chi connectivity index (χ1v) is 3.74. The van der Waals surface area contributed by atoms with Gasteiger partial charge in [0, 0.05) is 12.5 Å². The maximum Gasteiger partial charge on any atom is 0.303 e. The maximum absolute atomic E-state index is 10.0. The fourth-order valence-corrected chi connectivity index (χ4v) is 0.833. The van der Waals surface area contributed by atoms with Gasteiger partial charge in [-0.2, -0.15) is 0 Å². The zero-order chi connectivity index (χ0) is 7.40. The molecular weight excluding hydrogens is 130 g/mol. The van der Waals surface area contributed by atoms with Crippen molar-refractivity contribution < 1.29 is 9.90 Å². The molecule has 1 fully saturated rings. The van der Waals surface area contributed by atoms with Gasteiger partial charge in [-0.15, -0.1) is 0 Å². The van der Waals surface area contributed by atoms with E-state index in [0.717, 1.165) is 13.0 Å². The Labute approximate surface area is 60.4 Å². The minimum atomic E-state index is -0.697. The molecule has 2 N–H and O–H groups in total. The molecule has 0 aromatic heterocycles. The first-order chi connectivity index (χ1) is 4.79. The summed E-state index contributed by atoms with van der Waals surface area (Å²) in [5.74, 6) is -0.697. The van der Waals surface area contributed by atoms with E-state index in [4.69, 9.17) is 5.11 Å². The number of rotatable bonds is 5. The van der Waals surface area contributed by atoms with Crippen LogP contribution in [0.4, 0.5) is 0 Å². The molecule has 0 saturated heterocycles. The monoisotopic (exact) mass is 143 g/mol. The topological polar surface area (TPSA) is 49.3 Å². The third-order valence-electron chi connectivity index (χ3n) is 1.58. The molecule has 0 aromatic rings. The second-order valence-electron chi connectivity index (χ2n) is 2.73. The van der Waals surface area contributed by atoms with Gasteiger partial charge in [0.05, 0.1) is 0 Å². The van der Waals surface area contributed by atoms with Crippen LogP contribution in [0.1, 0.15) is 25.7 Å². The average molecular weight is 143 g/mol. The molecule has 0 unspecified atom stereocenters. The molecule has 58 valence electrons. The van der Waals surface area contributed by atoms with E-state index in [-0.39, 0.29) is 0 Å². The van der Waals surface area contributed by atoms with Crippen LogP contribution >= 0.6 is 0 Å². The van der Waals surface area contributed by atoms with Gasteiger partial charge in [-0.25, -0.2) is 0 Å². The predicted octanol–water partition coefficient (Wildman–Crippen LogP) is 0.603. The summed E-state index contributed by atoms with van der Waals surface area (Å²) >= 11 is 0. The second kappa shape index (κ2) is 3.56. The summed E-state index contributed by atoms with van der Waals surface area (Å²) in [7, 11) is 0. The largest absolute Gasteiger partial charge is 0.481 e. The number of carboxylic acid groups (broad SMARTS) is 1. The summed E-state index contributed by atoms with van der Waals surface area (Å²) in [4.78, 5) is 10.0. The van der Waals surface area contributed by atoms with Gasteiger partial charge in [-0.1, -0.05) is 0 Å². The van der Waals surface area contributed by atoms with Gasteiger partial charge in [0.1, 0.15) is 0 Å². The van der Waals surface area contributed by atoms with Gasteiger partial charge in [-0.3, -0.25) is 4.79 Å². The molecule has 1 aliphatic carbocycles. The van der Waals surface area contributed by atoms with Gasteiger partial charge < -0.3 is 10.4 Å². The molecule has 0 aromatic carbocycles. The van der Waals surface area contributed by atoms with E-state index in [1.165, 1.54) is 12.8 Å². The Bertz CT molecular complexity index is 121. The standard InChI is InChI=1S/C7H13NO2/c9-7(10)2-1-5-8-6-3-4-6/h6,8H,1-5H2,(H,9,10). The van der Waals surface area contributed by atoms with E-state index in [0.29, 0.717) is 12.5 Å². The van der Waals surface area contributed by atoms with Gasteiger partial charge in [-0.05, 0) is 25.8 Å². The van der Waals surface area contributed by atoms with E-state index in [2.05, 4.69) is 5.32 Å². The van der Waals surface area contributed by atoms with Crippen molar-refractivity contribution in [1.82, 2.24) is 5.32 Å². The second-order valence-corrected chi connectivity index (χ2v) is 2.73. The lowest BCUT2D eigenvalue weighted by Gasteiger charge is -1.98. The van der Waals surface area contributed by atoms with Crippen LogP contribution in [-0.4, -0.2) is 23.7 Å². The zero-order valence-electron chi connectivity index (χ0n) is 5.97. The molecule has 1 rings (SSSR count). The van der Waals surface area contributed by atoms with Crippen LogP contribution in [0.3, 0.4) is 0 Å². The molecule has 10 heavy (non-hydrogen) atoms. The van der Waals surface area contributed by atoms with Crippen LogP contribution < -0.4 is 5.32 Å². The van der Waals surface area contributed by atoms with E-state index >= 15 is 0 Å². The third kappa shape index (κ3) is 3.45. The lowest BCUT2D eigenvalue weighted by molar-refractivity contribution is -0.137. The molecule has 0 amide bonds. The summed E-state index contributed by atoms with van der Waals surface area (Å²) in [5.41, 5.74) is 0. The number of carbonyl (C=O) groups is 1. The maximum atomic E-state index is 10.0. The van der Waals surface area contributed by atoms with Crippen LogP contribution in [0, 0.1) is 0 Å². The van der Waals surface area contributed by atoms with Crippen molar-refractivity contribution in [3.05, 3.63) is 0 Å². The van der Waals surface area contributed by atoms with E-state index in [9.17, 15) is 4.79 Å². The highest BCUT2D eigenvalue weighted by Gasteiger charge is 2.19. The van der Waals surface area contributed by atoms with Crippen molar-refractivity contribution in [3.63, 3.8) is 0 Å². The number of hydrogen-bond acceptors (Lipinski definition) is 2. The highest BCUT2D eigenvalue weighted by Crippen LogP contribution is 2.18. The highest BCUT2D eigenvalue weighted by molar-refractivity contribution is 5.66. The molecular formula is C7H13NO2. The number of nitrogens with one attached hydrogen (secondary N) is 1. The van der Waals surface area contributed by atoms with E-state index < -0.39 is 5.97 Å². The smallest absolute Gasteiger partial charge is 0.303 e. The molecule has 1 saturated carbocycles. The first-order valence-electron chi connectivity index (χ1n) is 3.74. The Balaban J connectivity index is 1.80. The third-order valence-corrected chi connectivity index (χ3v) is 1.58. The Morgan fingerprint density at radius 2 is 2.30 bits per heavy atom. The van der Waals surface area contributed by atoms with Crippen molar-refractivity contribution in [2.45, 2.75) is 31.7 Å². The predicted molar refractivity (Wildman–Crippen MR) is 37.9 cm³/mol. The summed E-state index contributed by atoms with van der Waals surface area (Å²) in [6.07, 6.45) is 3.59. The fourth-order valence-electron chi connectivity index (χ4n) is 0.833. The molecule has 0 spiro atoms. The molecule has 0 heterocycles. The van der Waals surface area contributed by atoms with E-state index in [1.807, 2.05) is 0 Å².